The Bertz CT molecular complexity index is 904. The molecule has 2 aromatic heterocycles. The number of fused-ring (bicyclic) bond motifs is 1. The van der Waals surface area contributed by atoms with E-state index < -0.39 is 10.0 Å². The molecule has 0 fully saturated rings. The fourth-order valence-corrected chi connectivity index (χ4v) is 3.46. The lowest BCUT2D eigenvalue weighted by molar-refractivity contribution is 0.403. The molecule has 0 amide bonds. The number of aromatic nitrogens is 2. The fourth-order valence-electron chi connectivity index (χ4n) is 2.04. The second-order valence-corrected chi connectivity index (χ2v) is 6.58. The van der Waals surface area contributed by atoms with Gasteiger partial charge in [-0.1, -0.05) is 17.7 Å². The smallest absolute Gasteiger partial charge is 0.266 e. The van der Waals surface area contributed by atoms with Crippen molar-refractivity contribution in [1.82, 2.24) is 9.38 Å². The Morgan fingerprint density at radius 3 is 2.82 bits per heavy atom. The summed E-state index contributed by atoms with van der Waals surface area (Å²) in [4.78, 5) is 4.16. The summed E-state index contributed by atoms with van der Waals surface area (Å²) in [6.07, 6.45) is 3.37. The fraction of sp³-hybridized carbons (Fsp3) is 0.0714. The Balaban J connectivity index is 2.01. The molecule has 0 atom stereocenters. The van der Waals surface area contributed by atoms with Crippen LogP contribution < -0.4 is 9.46 Å². The number of ether oxygens (including phenoxy) is 1. The topological polar surface area (TPSA) is 72.7 Å². The third-order valence-corrected chi connectivity index (χ3v) is 4.63. The number of nitrogens with one attached hydrogen (secondary N) is 1. The minimum atomic E-state index is -3.86. The largest absolute Gasteiger partial charge is 0.495 e. The number of nitrogens with zero attached hydrogens (tertiary/aromatic N) is 2. The first-order chi connectivity index (χ1) is 10.5. The van der Waals surface area contributed by atoms with Gasteiger partial charge in [0.15, 0.2) is 5.82 Å². The van der Waals surface area contributed by atoms with Crippen LogP contribution >= 0.6 is 11.6 Å². The highest BCUT2D eigenvalue weighted by Crippen LogP contribution is 2.28. The second kappa shape index (κ2) is 5.51. The van der Waals surface area contributed by atoms with Crippen LogP contribution in [0.25, 0.3) is 5.65 Å². The molecule has 0 bridgehead atoms. The predicted octanol–water partition coefficient (Wildman–Crippen LogP) is 2.80. The number of imidazole rings is 1. The molecule has 1 N–H and O–H groups in total. The minimum Gasteiger partial charge on any atom is -0.495 e. The first kappa shape index (κ1) is 14.7. The molecule has 0 aliphatic rings. The van der Waals surface area contributed by atoms with Gasteiger partial charge >= 0.3 is 0 Å². The van der Waals surface area contributed by atoms with E-state index in [1.807, 2.05) is 12.1 Å². The Labute approximate surface area is 132 Å². The van der Waals surface area contributed by atoms with Crippen molar-refractivity contribution in [3.8, 4) is 5.75 Å². The molecule has 0 spiro atoms. The molecule has 114 valence electrons. The highest BCUT2D eigenvalue weighted by Gasteiger charge is 2.21. The average molecular weight is 338 g/mol. The molecule has 8 heteroatoms. The summed E-state index contributed by atoms with van der Waals surface area (Å²) in [6, 6.07) is 9.81. The molecule has 0 radical (unpaired) electrons. The molecular formula is C14H12ClN3O3S. The molecule has 0 aliphatic carbocycles. The van der Waals surface area contributed by atoms with E-state index in [2.05, 4.69) is 9.71 Å². The predicted molar refractivity (Wildman–Crippen MR) is 84.0 cm³/mol. The van der Waals surface area contributed by atoms with Crippen LogP contribution in [0.4, 0.5) is 5.82 Å². The van der Waals surface area contributed by atoms with E-state index in [0.29, 0.717) is 10.7 Å². The number of hydrogen-bond acceptors (Lipinski definition) is 4. The third-order valence-electron chi connectivity index (χ3n) is 3.02. The van der Waals surface area contributed by atoms with Gasteiger partial charge in [0, 0.05) is 11.2 Å². The zero-order valence-electron chi connectivity index (χ0n) is 11.5. The summed E-state index contributed by atoms with van der Waals surface area (Å²) in [5.74, 6) is 0.425. The SMILES string of the molecule is COc1ccc(Cl)cc1S(=O)(=O)Nc1cn2ccccc2n1. The quantitative estimate of drug-likeness (QED) is 0.794. The molecule has 1 aromatic carbocycles. The van der Waals surface area contributed by atoms with Gasteiger partial charge in [0.25, 0.3) is 10.0 Å². The lowest BCUT2D eigenvalue weighted by atomic mass is 10.3. The van der Waals surface area contributed by atoms with Crippen molar-refractivity contribution in [3.05, 3.63) is 53.8 Å². The highest BCUT2D eigenvalue weighted by molar-refractivity contribution is 7.92. The zero-order valence-corrected chi connectivity index (χ0v) is 13.1. The maximum absolute atomic E-state index is 12.5. The van der Waals surface area contributed by atoms with E-state index in [4.69, 9.17) is 16.3 Å². The number of pyridine rings is 1. The molecule has 0 saturated carbocycles. The van der Waals surface area contributed by atoms with Crippen LogP contribution in [0.15, 0.2) is 53.7 Å². The van der Waals surface area contributed by atoms with Crippen molar-refractivity contribution in [2.24, 2.45) is 0 Å². The van der Waals surface area contributed by atoms with E-state index in [1.54, 1.807) is 28.9 Å². The molecule has 6 nitrogen and oxygen atoms in total. The van der Waals surface area contributed by atoms with Gasteiger partial charge in [-0.2, -0.15) is 0 Å². The number of methoxy groups -OCH3 is 1. The monoisotopic (exact) mass is 337 g/mol. The lowest BCUT2D eigenvalue weighted by Crippen LogP contribution is -2.14. The van der Waals surface area contributed by atoms with Crippen LogP contribution in [0, 0.1) is 0 Å². The Morgan fingerprint density at radius 1 is 1.27 bits per heavy atom. The van der Waals surface area contributed by atoms with Gasteiger partial charge in [0.05, 0.1) is 13.3 Å². The lowest BCUT2D eigenvalue weighted by Gasteiger charge is -2.10. The highest BCUT2D eigenvalue weighted by atomic mass is 35.5. The zero-order chi connectivity index (χ0) is 15.7. The van der Waals surface area contributed by atoms with Crippen molar-refractivity contribution in [2.75, 3.05) is 11.8 Å². The third kappa shape index (κ3) is 2.72. The summed E-state index contributed by atoms with van der Waals surface area (Å²) in [6.45, 7) is 0. The van der Waals surface area contributed by atoms with Gasteiger partial charge < -0.3 is 9.14 Å². The van der Waals surface area contributed by atoms with Crippen LogP contribution in [-0.2, 0) is 10.0 Å². The summed E-state index contributed by atoms with van der Waals surface area (Å²) in [5.41, 5.74) is 0.637. The number of rotatable bonds is 4. The summed E-state index contributed by atoms with van der Waals surface area (Å²) < 4.78 is 34.2. The van der Waals surface area contributed by atoms with E-state index in [0.717, 1.165) is 0 Å². The number of sulfonamides is 1. The van der Waals surface area contributed by atoms with Gasteiger partial charge in [-0.15, -0.1) is 0 Å². The van der Waals surface area contributed by atoms with Crippen molar-refractivity contribution in [3.63, 3.8) is 0 Å². The van der Waals surface area contributed by atoms with Gasteiger partial charge in [-0.25, -0.2) is 13.4 Å². The van der Waals surface area contributed by atoms with E-state index in [9.17, 15) is 8.42 Å². The molecular weight excluding hydrogens is 326 g/mol. The second-order valence-electron chi connectivity index (χ2n) is 4.49. The normalized spacial score (nSPS) is 11.5. The molecule has 22 heavy (non-hydrogen) atoms. The van der Waals surface area contributed by atoms with Crippen molar-refractivity contribution in [1.29, 1.82) is 0 Å². The number of anilines is 1. The Kier molecular flexibility index (Phi) is 3.67. The Hall–Kier alpha value is -2.25. The molecule has 0 saturated heterocycles. The van der Waals surface area contributed by atoms with Gasteiger partial charge in [-0.05, 0) is 30.3 Å². The van der Waals surface area contributed by atoms with Gasteiger partial charge in [-0.3, -0.25) is 4.72 Å². The average Bonchev–Trinajstić information content (AvgIpc) is 2.88. The van der Waals surface area contributed by atoms with Crippen LogP contribution in [0.5, 0.6) is 5.75 Å². The van der Waals surface area contributed by atoms with Crippen molar-refractivity contribution >= 4 is 33.1 Å². The summed E-state index contributed by atoms with van der Waals surface area (Å²) >= 11 is 5.88. The number of hydrogen-bond donors (Lipinski definition) is 1. The van der Waals surface area contributed by atoms with Crippen LogP contribution in [0.1, 0.15) is 0 Å². The van der Waals surface area contributed by atoms with Gasteiger partial charge in [0.1, 0.15) is 16.3 Å². The molecule has 0 aliphatic heterocycles. The first-order valence-electron chi connectivity index (χ1n) is 6.30. The summed E-state index contributed by atoms with van der Waals surface area (Å²) in [5, 5.41) is 0.302. The molecule has 0 unspecified atom stereocenters. The Morgan fingerprint density at radius 2 is 2.09 bits per heavy atom. The van der Waals surface area contributed by atoms with Crippen LogP contribution in [0.3, 0.4) is 0 Å². The van der Waals surface area contributed by atoms with Crippen LogP contribution in [0.2, 0.25) is 5.02 Å². The number of halogens is 1. The van der Waals surface area contributed by atoms with Crippen LogP contribution in [-0.4, -0.2) is 24.9 Å². The molecule has 2 heterocycles. The van der Waals surface area contributed by atoms with Crippen molar-refractivity contribution < 1.29 is 13.2 Å². The molecule has 3 aromatic rings. The maximum atomic E-state index is 12.5. The van der Waals surface area contributed by atoms with E-state index >= 15 is 0 Å². The maximum Gasteiger partial charge on any atom is 0.266 e. The standard InChI is InChI=1S/C14H12ClN3O3S/c1-21-11-6-5-10(15)8-12(11)22(19,20)17-13-9-18-7-3-2-4-14(18)16-13/h2-9,17H,1H3. The minimum absolute atomic E-state index is 0.0421. The number of benzene rings is 1. The first-order valence-corrected chi connectivity index (χ1v) is 8.16. The molecule has 3 rings (SSSR count). The van der Waals surface area contributed by atoms with Crippen molar-refractivity contribution in [2.45, 2.75) is 4.90 Å². The summed E-state index contributed by atoms with van der Waals surface area (Å²) in [7, 11) is -2.47. The van der Waals surface area contributed by atoms with Gasteiger partial charge in [0.2, 0.25) is 0 Å². The van der Waals surface area contributed by atoms with E-state index in [1.165, 1.54) is 19.2 Å². The van der Waals surface area contributed by atoms with E-state index in [-0.39, 0.29) is 16.5 Å².